The quantitative estimate of drug-likeness (QED) is 0.116. The molecule has 0 atom stereocenters. The van der Waals surface area contributed by atoms with Gasteiger partial charge in [-0.25, -0.2) is 22.0 Å². The molecular formula is C29H25F8N5O3. The summed E-state index contributed by atoms with van der Waals surface area (Å²) in [5.74, 6) is -10.1. The fourth-order valence-corrected chi connectivity index (χ4v) is 4.82. The van der Waals surface area contributed by atoms with Crippen LogP contribution in [0, 0.1) is 5.82 Å². The molecule has 0 spiro atoms. The van der Waals surface area contributed by atoms with E-state index in [-0.39, 0.29) is 42.6 Å². The maximum absolute atomic E-state index is 15.3. The maximum atomic E-state index is 15.3. The van der Waals surface area contributed by atoms with Crippen LogP contribution in [0.2, 0.25) is 0 Å². The van der Waals surface area contributed by atoms with Gasteiger partial charge in [-0.05, 0) is 36.8 Å². The van der Waals surface area contributed by atoms with Gasteiger partial charge in [-0.15, -0.1) is 5.10 Å². The van der Waals surface area contributed by atoms with E-state index in [2.05, 4.69) is 26.8 Å². The normalized spacial score (nSPS) is 18.4. The van der Waals surface area contributed by atoms with Gasteiger partial charge in [0.25, 0.3) is 17.7 Å². The molecule has 16 heteroatoms. The molecule has 45 heavy (non-hydrogen) atoms. The van der Waals surface area contributed by atoms with Crippen molar-refractivity contribution in [2.45, 2.75) is 57.2 Å². The number of piperidine rings is 1. The molecule has 1 aromatic heterocycles. The van der Waals surface area contributed by atoms with Gasteiger partial charge in [0.15, 0.2) is 0 Å². The molecule has 3 aromatic rings. The minimum atomic E-state index is -4.79. The minimum Gasteiger partial charge on any atom is -0.403 e. The zero-order chi connectivity index (χ0) is 32.7. The highest BCUT2D eigenvalue weighted by molar-refractivity contribution is 5.98. The van der Waals surface area contributed by atoms with E-state index in [4.69, 9.17) is 4.42 Å². The van der Waals surface area contributed by atoms with Crippen LogP contribution in [0.3, 0.4) is 0 Å². The summed E-state index contributed by atoms with van der Waals surface area (Å²) in [4.78, 5) is 19.9. The van der Waals surface area contributed by atoms with Crippen LogP contribution in [0.1, 0.15) is 49.3 Å². The van der Waals surface area contributed by atoms with Gasteiger partial charge >= 0.3 is 12.2 Å². The average molecular weight is 644 g/mol. The number of hydrogen-bond acceptors (Lipinski definition) is 7. The molecule has 1 amide bonds. The number of allylic oxidation sites excluding steroid dienone is 1. The zero-order valence-electron chi connectivity index (χ0n) is 23.6. The summed E-state index contributed by atoms with van der Waals surface area (Å²) in [5, 5.41) is 11.0. The molecule has 1 fully saturated rings. The van der Waals surface area contributed by atoms with Gasteiger partial charge < -0.3 is 19.1 Å². The first-order chi connectivity index (χ1) is 21.0. The Morgan fingerprint density at radius 1 is 1.07 bits per heavy atom. The molecule has 8 nitrogen and oxygen atoms in total. The molecule has 0 N–H and O–H groups in total. The van der Waals surface area contributed by atoms with Crippen molar-refractivity contribution < 1.29 is 49.2 Å². The summed E-state index contributed by atoms with van der Waals surface area (Å²) in [7, 11) is 0. The Kier molecular flexibility index (Phi) is 8.35. The third-order valence-electron chi connectivity index (χ3n) is 7.46. The fraction of sp³-hybridized carbons (Fsp3) is 0.379. The summed E-state index contributed by atoms with van der Waals surface area (Å²) in [6.45, 7) is 3.77. The lowest BCUT2D eigenvalue weighted by Crippen LogP contribution is -2.39. The number of aromatic nitrogens is 2. The van der Waals surface area contributed by atoms with Gasteiger partial charge in [0.1, 0.15) is 5.82 Å². The first-order valence-electron chi connectivity index (χ1n) is 13.6. The van der Waals surface area contributed by atoms with E-state index in [0.29, 0.717) is 17.2 Å². The second kappa shape index (κ2) is 11.8. The highest BCUT2D eigenvalue weighted by Crippen LogP contribution is 2.45. The molecular weight excluding hydrogens is 618 g/mol. The second-order valence-corrected chi connectivity index (χ2v) is 10.7. The second-order valence-electron chi connectivity index (χ2n) is 10.7. The number of benzene rings is 2. The maximum Gasteiger partial charge on any atom is 0.451 e. The number of anilines is 2. The molecule has 2 aliphatic rings. The Hall–Kier alpha value is -4.50. The molecule has 0 aliphatic carbocycles. The Labute approximate surface area is 250 Å². The molecule has 3 heterocycles. The van der Waals surface area contributed by atoms with Gasteiger partial charge in [-0.2, -0.15) is 13.2 Å². The topological polar surface area (TPSA) is 84.1 Å². The summed E-state index contributed by atoms with van der Waals surface area (Å²) in [6.07, 6.45) is -7.09. The molecule has 0 bridgehead atoms. The van der Waals surface area contributed by atoms with Crippen molar-refractivity contribution in [3.8, 4) is 11.5 Å². The van der Waals surface area contributed by atoms with Crippen LogP contribution in [0.25, 0.3) is 11.5 Å². The minimum absolute atomic E-state index is 0.0834. The van der Waals surface area contributed by atoms with E-state index < -0.39 is 72.6 Å². The van der Waals surface area contributed by atoms with Crippen molar-refractivity contribution in [2.75, 3.05) is 22.9 Å². The van der Waals surface area contributed by atoms with E-state index in [1.807, 2.05) is 0 Å². The smallest absolute Gasteiger partial charge is 0.403 e. The van der Waals surface area contributed by atoms with Crippen LogP contribution < -0.4 is 9.80 Å². The number of carbonyl (C=O) groups is 1. The van der Waals surface area contributed by atoms with Crippen LogP contribution in [0.15, 0.2) is 58.3 Å². The van der Waals surface area contributed by atoms with E-state index in [0.717, 1.165) is 11.0 Å². The van der Waals surface area contributed by atoms with Gasteiger partial charge in [0, 0.05) is 44.3 Å². The molecule has 0 radical (unpaired) electrons. The monoisotopic (exact) mass is 643 g/mol. The number of fused-ring (bicyclic) bond motifs is 1. The Balaban J connectivity index is 1.43. The number of carbonyl (C=O) groups excluding carboxylic acids is 1. The van der Waals surface area contributed by atoms with E-state index in [9.17, 15) is 26.7 Å². The summed E-state index contributed by atoms with van der Waals surface area (Å²) in [6, 6.07) is 7.48. The first kappa shape index (κ1) is 31.9. The molecule has 1 saturated heterocycles. The van der Waals surface area contributed by atoms with Gasteiger partial charge in [0.2, 0.25) is 11.7 Å². The SMILES string of the molecule is C=C(O/N=C(\C)c1ccc(CN2C(=O)CCC(F)(F)c3cc(F)c(-c4nnc(N5CCC(F)(F)CC5)o4)cc32)cc1)C(F)(F)F. The molecule has 240 valence electrons. The van der Waals surface area contributed by atoms with Crippen molar-refractivity contribution in [3.05, 3.63) is 71.2 Å². The van der Waals surface area contributed by atoms with Gasteiger partial charge in [0.05, 0.1) is 23.5 Å². The van der Waals surface area contributed by atoms with Crippen LogP contribution >= 0.6 is 0 Å². The van der Waals surface area contributed by atoms with Crippen molar-refractivity contribution in [1.29, 1.82) is 0 Å². The van der Waals surface area contributed by atoms with E-state index in [1.54, 1.807) is 0 Å². The summed E-state index contributed by atoms with van der Waals surface area (Å²) in [5.41, 5.74) is -0.485. The summed E-state index contributed by atoms with van der Waals surface area (Å²) >= 11 is 0. The van der Waals surface area contributed by atoms with Crippen molar-refractivity contribution in [3.63, 3.8) is 0 Å². The fourth-order valence-electron chi connectivity index (χ4n) is 4.82. The molecule has 0 saturated carbocycles. The third-order valence-corrected chi connectivity index (χ3v) is 7.46. The first-order valence-corrected chi connectivity index (χ1v) is 13.6. The van der Waals surface area contributed by atoms with Gasteiger partial charge in [-0.3, -0.25) is 4.79 Å². The standard InChI is InChI=1S/C29H25F8N5O3/c1-16(40-45-17(2)29(35,36)37)19-5-3-18(4-6-19)15-42-23-13-20(22(30)14-21(23)28(33,34)8-7-24(42)43)25-38-39-26(44-25)41-11-9-27(31,32)10-12-41/h3-6,13-14H,2,7-12,15H2,1H3/b40-16+. The largest absolute Gasteiger partial charge is 0.451 e. The number of halogens is 8. The Bertz CT molecular complexity index is 1630. The predicted molar refractivity (Wildman–Crippen MR) is 145 cm³/mol. The Morgan fingerprint density at radius 2 is 1.73 bits per heavy atom. The van der Waals surface area contributed by atoms with Crippen LogP contribution in [-0.4, -0.2) is 47.0 Å². The van der Waals surface area contributed by atoms with Crippen LogP contribution in [-0.2, 0) is 22.1 Å². The van der Waals surface area contributed by atoms with E-state index in [1.165, 1.54) is 36.1 Å². The highest BCUT2D eigenvalue weighted by Gasteiger charge is 2.42. The van der Waals surface area contributed by atoms with E-state index >= 15 is 13.2 Å². The van der Waals surface area contributed by atoms with Crippen molar-refractivity contribution >= 4 is 23.3 Å². The molecule has 5 rings (SSSR count). The van der Waals surface area contributed by atoms with Crippen molar-refractivity contribution in [2.24, 2.45) is 5.16 Å². The van der Waals surface area contributed by atoms with Crippen LogP contribution in [0.4, 0.5) is 46.8 Å². The van der Waals surface area contributed by atoms with Crippen LogP contribution in [0.5, 0.6) is 0 Å². The number of rotatable bonds is 7. The number of oxime groups is 1. The molecule has 0 unspecified atom stereocenters. The number of amides is 1. The lowest BCUT2D eigenvalue weighted by Gasteiger charge is -2.30. The van der Waals surface area contributed by atoms with Gasteiger partial charge in [-0.1, -0.05) is 34.5 Å². The highest BCUT2D eigenvalue weighted by atomic mass is 19.4. The average Bonchev–Trinajstić information content (AvgIpc) is 3.44. The zero-order valence-corrected chi connectivity index (χ0v) is 23.6. The summed E-state index contributed by atoms with van der Waals surface area (Å²) < 4.78 is 116. The number of alkyl halides is 7. The number of hydrogen-bond donors (Lipinski definition) is 0. The third kappa shape index (κ3) is 6.93. The van der Waals surface area contributed by atoms with Crippen molar-refractivity contribution in [1.82, 2.24) is 10.2 Å². The molecule has 2 aromatic carbocycles. The molecule has 2 aliphatic heterocycles. The predicted octanol–water partition coefficient (Wildman–Crippen LogP) is 7.35. The lowest BCUT2D eigenvalue weighted by molar-refractivity contribution is -0.130. The number of nitrogens with zero attached hydrogens (tertiary/aromatic N) is 5. The Morgan fingerprint density at radius 3 is 2.38 bits per heavy atom. The lowest BCUT2D eigenvalue weighted by atomic mass is 10.00.